The number of halogens is 1. The zero-order valence-corrected chi connectivity index (χ0v) is 13.6. The molecular weight excluding hydrogens is 322 g/mol. The molecule has 1 atom stereocenters. The van der Waals surface area contributed by atoms with Crippen molar-refractivity contribution in [3.8, 4) is 0 Å². The minimum absolute atomic E-state index is 0.442. The molecule has 3 heterocycles. The standard InChI is InChI=1S/C14H22BrN3S/c15-14-2-1-13(19-14)10-17-6-5-12(9-17)18-7-3-11(16)4-8-18/h1-2,11-12H,3-10,16H2. The average molecular weight is 344 g/mol. The molecule has 0 bridgehead atoms. The second-order valence-corrected chi connectivity index (χ2v) is 8.30. The molecule has 0 spiro atoms. The summed E-state index contributed by atoms with van der Waals surface area (Å²) in [6.07, 6.45) is 3.67. The maximum absolute atomic E-state index is 5.99. The first kappa shape index (κ1) is 14.0. The van der Waals surface area contributed by atoms with Gasteiger partial charge in [0.05, 0.1) is 3.79 Å². The maximum atomic E-state index is 5.99. The van der Waals surface area contributed by atoms with Crippen molar-refractivity contribution in [2.45, 2.75) is 37.9 Å². The number of nitrogens with two attached hydrogens (primary N) is 1. The van der Waals surface area contributed by atoms with Gasteiger partial charge in [0.2, 0.25) is 0 Å². The monoisotopic (exact) mass is 343 g/mol. The summed E-state index contributed by atoms with van der Waals surface area (Å²) >= 11 is 5.40. The highest BCUT2D eigenvalue weighted by molar-refractivity contribution is 9.11. The van der Waals surface area contributed by atoms with Crippen LogP contribution in [0, 0.1) is 0 Å². The summed E-state index contributed by atoms with van der Waals surface area (Å²) in [4.78, 5) is 6.72. The zero-order chi connectivity index (χ0) is 13.2. The van der Waals surface area contributed by atoms with Crippen LogP contribution in [0.4, 0.5) is 0 Å². The Morgan fingerprint density at radius 2 is 2.00 bits per heavy atom. The van der Waals surface area contributed by atoms with E-state index in [0.717, 1.165) is 12.6 Å². The Morgan fingerprint density at radius 3 is 2.68 bits per heavy atom. The average Bonchev–Trinajstić information content (AvgIpc) is 3.00. The van der Waals surface area contributed by atoms with Crippen molar-refractivity contribution in [2.24, 2.45) is 5.73 Å². The molecule has 2 aliphatic rings. The third kappa shape index (κ3) is 3.58. The number of thiophene rings is 1. The summed E-state index contributed by atoms with van der Waals surface area (Å²) < 4.78 is 1.24. The smallest absolute Gasteiger partial charge is 0.0701 e. The van der Waals surface area contributed by atoms with Gasteiger partial charge < -0.3 is 5.73 Å². The number of hydrogen-bond acceptors (Lipinski definition) is 4. The number of likely N-dealkylation sites (tertiary alicyclic amines) is 2. The van der Waals surface area contributed by atoms with E-state index in [0.29, 0.717) is 6.04 Å². The van der Waals surface area contributed by atoms with E-state index in [4.69, 9.17) is 5.73 Å². The van der Waals surface area contributed by atoms with Gasteiger partial charge in [-0.2, -0.15) is 0 Å². The second kappa shape index (κ2) is 6.22. The fourth-order valence-corrected chi connectivity index (χ4v) is 4.72. The van der Waals surface area contributed by atoms with Crippen LogP contribution in [0.25, 0.3) is 0 Å². The van der Waals surface area contributed by atoms with E-state index in [9.17, 15) is 0 Å². The minimum Gasteiger partial charge on any atom is -0.328 e. The summed E-state index contributed by atoms with van der Waals surface area (Å²) in [5.74, 6) is 0. The first-order valence-electron chi connectivity index (χ1n) is 7.17. The molecule has 2 aliphatic heterocycles. The Labute approximate surface area is 127 Å². The second-order valence-electron chi connectivity index (χ2n) is 5.76. The van der Waals surface area contributed by atoms with Gasteiger partial charge in [-0.1, -0.05) is 0 Å². The van der Waals surface area contributed by atoms with E-state index in [-0.39, 0.29) is 0 Å². The molecule has 1 aromatic heterocycles. The first-order chi connectivity index (χ1) is 9.20. The molecule has 2 fully saturated rings. The zero-order valence-electron chi connectivity index (χ0n) is 11.2. The predicted molar refractivity (Wildman–Crippen MR) is 84.5 cm³/mol. The number of rotatable bonds is 3. The van der Waals surface area contributed by atoms with Gasteiger partial charge in [-0.05, 0) is 60.4 Å². The molecule has 3 nitrogen and oxygen atoms in total. The van der Waals surface area contributed by atoms with Crippen molar-refractivity contribution < 1.29 is 0 Å². The quantitative estimate of drug-likeness (QED) is 0.915. The van der Waals surface area contributed by atoms with Gasteiger partial charge in [-0.25, -0.2) is 0 Å². The fraction of sp³-hybridized carbons (Fsp3) is 0.714. The molecule has 106 valence electrons. The fourth-order valence-electron chi connectivity index (χ4n) is 3.20. The Hall–Kier alpha value is 0.0600. The van der Waals surface area contributed by atoms with Gasteiger partial charge in [0.15, 0.2) is 0 Å². The molecule has 2 N–H and O–H groups in total. The molecule has 5 heteroatoms. The lowest BCUT2D eigenvalue weighted by molar-refractivity contribution is 0.152. The predicted octanol–water partition coefficient (Wildman–Crippen LogP) is 2.51. The van der Waals surface area contributed by atoms with Crippen molar-refractivity contribution in [1.82, 2.24) is 9.80 Å². The third-order valence-corrected chi connectivity index (χ3v) is 5.95. The number of piperidine rings is 1. The Morgan fingerprint density at radius 1 is 1.21 bits per heavy atom. The van der Waals surface area contributed by atoms with E-state index in [2.05, 4.69) is 37.9 Å². The topological polar surface area (TPSA) is 32.5 Å². The van der Waals surface area contributed by atoms with E-state index in [1.165, 1.54) is 54.1 Å². The van der Waals surface area contributed by atoms with Crippen molar-refractivity contribution in [3.63, 3.8) is 0 Å². The van der Waals surface area contributed by atoms with Crippen LogP contribution in [-0.4, -0.2) is 48.1 Å². The number of hydrogen-bond donors (Lipinski definition) is 1. The highest BCUT2D eigenvalue weighted by Gasteiger charge is 2.29. The molecule has 2 saturated heterocycles. The number of nitrogens with zero attached hydrogens (tertiary/aromatic N) is 2. The van der Waals surface area contributed by atoms with Crippen LogP contribution in [0.15, 0.2) is 15.9 Å². The summed E-state index contributed by atoms with van der Waals surface area (Å²) in [7, 11) is 0. The summed E-state index contributed by atoms with van der Waals surface area (Å²) in [6.45, 7) is 5.97. The SMILES string of the molecule is NC1CCN(C2CCN(Cc3ccc(Br)s3)C2)CC1. The van der Waals surface area contributed by atoms with Crippen LogP contribution < -0.4 is 5.73 Å². The lowest BCUT2D eigenvalue weighted by Crippen LogP contribution is -2.45. The molecular formula is C14H22BrN3S. The Bertz CT molecular complexity index is 415. The molecule has 3 rings (SSSR count). The molecule has 0 saturated carbocycles. The van der Waals surface area contributed by atoms with Crippen molar-refractivity contribution >= 4 is 27.3 Å². The van der Waals surface area contributed by atoms with Crippen LogP contribution in [0.3, 0.4) is 0 Å². The van der Waals surface area contributed by atoms with Gasteiger partial charge >= 0.3 is 0 Å². The van der Waals surface area contributed by atoms with E-state index in [1.54, 1.807) is 0 Å². The molecule has 1 unspecified atom stereocenters. The normalized spacial score (nSPS) is 27.2. The third-order valence-electron chi connectivity index (χ3n) is 4.35. The van der Waals surface area contributed by atoms with Crippen molar-refractivity contribution in [1.29, 1.82) is 0 Å². The van der Waals surface area contributed by atoms with Crippen LogP contribution in [-0.2, 0) is 6.54 Å². The van der Waals surface area contributed by atoms with Crippen LogP contribution in [0.5, 0.6) is 0 Å². The summed E-state index contributed by atoms with van der Waals surface area (Å²) in [6, 6.07) is 5.59. The summed E-state index contributed by atoms with van der Waals surface area (Å²) in [5.41, 5.74) is 5.99. The summed E-state index contributed by atoms with van der Waals surface area (Å²) in [5, 5.41) is 0. The van der Waals surface area contributed by atoms with Gasteiger partial charge in [-0.15, -0.1) is 11.3 Å². The van der Waals surface area contributed by atoms with Gasteiger partial charge in [0, 0.05) is 36.6 Å². The van der Waals surface area contributed by atoms with Gasteiger partial charge in [0.1, 0.15) is 0 Å². The maximum Gasteiger partial charge on any atom is 0.0701 e. The van der Waals surface area contributed by atoms with E-state index in [1.807, 2.05) is 11.3 Å². The van der Waals surface area contributed by atoms with Crippen molar-refractivity contribution in [2.75, 3.05) is 26.2 Å². The molecule has 0 amide bonds. The highest BCUT2D eigenvalue weighted by Crippen LogP contribution is 2.26. The van der Waals surface area contributed by atoms with Crippen LogP contribution >= 0.6 is 27.3 Å². The van der Waals surface area contributed by atoms with Gasteiger partial charge in [-0.3, -0.25) is 9.80 Å². The van der Waals surface area contributed by atoms with Crippen LogP contribution in [0.1, 0.15) is 24.1 Å². The Kier molecular flexibility index (Phi) is 4.59. The van der Waals surface area contributed by atoms with E-state index >= 15 is 0 Å². The lowest BCUT2D eigenvalue weighted by atomic mass is 10.0. The molecule has 0 aromatic carbocycles. The lowest BCUT2D eigenvalue weighted by Gasteiger charge is -2.34. The molecule has 19 heavy (non-hydrogen) atoms. The first-order valence-corrected chi connectivity index (χ1v) is 8.78. The molecule has 0 aliphatic carbocycles. The highest BCUT2D eigenvalue weighted by atomic mass is 79.9. The molecule has 0 radical (unpaired) electrons. The van der Waals surface area contributed by atoms with E-state index < -0.39 is 0 Å². The molecule has 1 aromatic rings. The van der Waals surface area contributed by atoms with Crippen LogP contribution in [0.2, 0.25) is 0 Å². The van der Waals surface area contributed by atoms with Crippen molar-refractivity contribution in [3.05, 3.63) is 20.8 Å². The Balaban J connectivity index is 1.50. The van der Waals surface area contributed by atoms with Gasteiger partial charge in [0.25, 0.3) is 0 Å². The minimum atomic E-state index is 0.442. The largest absolute Gasteiger partial charge is 0.328 e.